The molecule has 0 unspecified atom stereocenters. The van der Waals surface area contributed by atoms with E-state index in [1.165, 1.54) is 0 Å². The molecule has 0 saturated carbocycles. The summed E-state index contributed by atoms with van der Waals surface area (Å²) in [5.74, 6) is -0.244. The lowest BCUT2D eigenvalue weighted by atomic mass is 10.2. The smallest absolute Gasteiger partial charge is 0.411 e. The molecule has 3 rings (SSSR count). The monoisotopic (exact) mass is 477 g/mol. The molecule has 3 aromatic rings. The Balaban J connectivity index is 0.00000320. The van der Waals surface area contributed by atoms with Crippen molar-refractivity contribution in [2.24, 2.45) is 0 Å². The van der Waals surface area contributed by atoms with Crippen LogP contribution in [0.25, 0.3) is 22.6 Å². The Morgan fingerprint density at radius 2 is 1.93 bits per heavy atom. The van der Waals surface area contributed by atoms with Gasteiger partial charge in [-0.25, -0.2) is 14.3 Å². The van der Waals surface area contributed by atoms with Crippen LogP contribution in [0.5, 0.6) is 0 Å². The van der Waals surface area contributed by atoms with E-state index in [1.807, 2.05) is 29.1 Å². The third kappa shape index (κ3) is 6.55. The molecule has 1 aromatic carbocycles. The molecule has 0 atom stereocenters. The van der Waals surface area contributed by atoms with E-state index < -0.39 is 12.1 Å². The van der Waals surface area contributed by atoms with Gasteiger partial charge in [0.25, 0.3) is 0 Å². The maximum atomic E-state index is 11.5. The first-order valence-electron chi connectivity index (χ1n) is 9.61. The highest BCUT2D eigenvalue weighted by atomic mass is 79.9. The van der Waals surface area contributed by atoms with Gasteiger partial charge in [-0.05, 0) is 31.9 Å². The number of aryl methyl sites for hydroxylation is 1. The number of ether oxygens (including phenoxy) is 1. The third-order valence-electron chi connectivity index (χ3n) is 4.36. The van der Waals surface area contributed by atoms with Crippen molar-refractivity contribution in [2.75, 3.05) is 11.9 Å². The first kappa shape index (κ1) is 23.3. The first-order chi connectivity index (χ1) is 14.0. The summed E-state index contributed by atoms with van der Waals surface area (Å²) in [6.07, 6.45) is 6.12. The molecule has 0 radical (unpaired) electrons. The summed E-state index contributed by atoms with van der Waals surface area (Å²) in [4.78, 5) is 26.6. The molecule has 0 fully saturated rings. The molecule has 0 aliphatic heterocycles. The number of unbranched alkanes of at least 4 members (excludes halogenated alkanes) is 2. The van der Waals surface area contributed by atoms with E-state index in [1.54, 1.807) is 25.1 Å². The third-order valence-corrected chi connectivity index (χ3v) is 4.36. The zero-order valence-electron chi connectivity index (χ0n) is 16.6. The van der Waals surface area contributed by atoms with Gasteiger partial charge in [-0.2, -0.15) is 0 Å². The van der Waals surface area contributed by atoms with Gasteiger partial charge < -0.3 is 31.2 Å². The molecule has 0 aliphatic carbocycles. The number of nitrogens with zero attached hydrogens (tertiary/aromatic N) is 2. The summed E-state index contributed by atoms with van der Waals surface area (Å²) in [7, 11) is 0. The molecule has 2 N–H and O–H groups in total. The van der Waals surface area contributed by atoms with Gasteiger partial charge in [-0.3, -0.25) is 10.1 Å². The van der Waals surface area contributed by atoms with Gasteiger partial charge in [0.1, 0.15) is 12.1 Å². The van der Waals surface area contributed by atoms with Crippen LogP contribution >= 0.6 is 0 Å². The summed E-state index contributed by atoms with van der Waals surface area (Å²) in [6, 6.07) is 9.10. The van der Waals surface area contributed by atoms with Crippen molar-refractivity contribution in [3.05, 3.63) is 42.7 Å². The Labute approximate surface area is 184 Å². The van der Waals surface area contributed by atoms with Crippen LogP contribution in [0.15, 0.2) is 47.1 Å². The second-order valence-corrected chi connectivity index (χ2v) is 6.58. The van der Waals surface area contributed by atoms with E-state index >= 15 is 0 Å². The highest BCUT2D eigenvalue weighted by Crippen LogP contribution is 2.25. The number of rotatable bonds is 9. The number of oxazole rings is 1. The molecule has 0 spiro atoms. The van der Waals surface area contributed by atoms with Crippen LogP contribution in [0.1, 0.15) is 32.6 Å². The second kappa shape index (κ2) is 11.3. The molecular formula is C21H24BrN3O5. The number of nitrogens with one attached hydrogen (secondary N) is 1. The van der Waals surface area contributed by atoms with E-state index in [4.69, 9.17) is 14.3 Å². The molecule has 2 heterocycles. The van der Waals surface area contributed by atoms with Crippen molar-refractivity contribution < 1.29 is 45.4 Å². The Bertz CT molecular complexity index is 988. The van der Waals surface area contributed by atoms with Crippen molar-refractivity contribution in [1.82, 2.24) is 4.98 Å². The lowest BCUT2D eigenvalue weighted by molar-refractivity contribution is -0.697. The molecule has 0 aliphatic rings. The Kier molecular flexibility index (Phi) is 8.79. The minimum absolute atomic E-state index is 0. The lowest BCUT2D eigenvalue weighted by Crippen LogP contribution is -3.00. The van der Waals surface area contributed by atoms with Crippen molar-refractivity contribution in [1.29, 1.82) is 0 Å². The van der Waals surface area contributed by atoms with Crippen LogP contribution in [-0.4, -0.2) is 28.8 Å². The fourth-order valence-electron chi connectivity index (χ4n) is 2.91. The van der Waals surface area contributed by atoms with Gasteiger partial charge in [-0.15, -0.1) is 0 Å². The van der Waals surface area contributed by atoms with Gasteiger partial charge in [0.15, 0.2) is 18.0 Å². The van der Waals surface area contributed by atoms with Crippen molar-refractivity contribution in [3.8, 4) is 11.5 Å². The number of benzene rings is 1. The SMILES string of the molecule is CCOC(=O)Nc1ccc2nc(-c3cc[n+](CCCCCC(=O)O)cc3)oc2c1.[Br-]. The fourth-order valence-corrected chi connectivity index (χ4v) is 2.91. The van der Waals surface area contributed by atoms with Crippen LogP contribution in [0.3, 0.4) is 0 Å². The van der Waals surface area contributed by atoms with Gasteiger partial charge in [0, 0.05) is 42.3 Å². The molecule has 160 valence electrons. The Hall–Kier alpha value is -2.94. The molecule has 30 heavy (non-hydrogen) atoms. The summed E-state index contributed by atoms with van der Waals surface area (Å²) in [5.41, 5.74) is 2.70. The molecule has 2 aromatic heterocycles. The predicted molar refractivity (Wildman–Crippen MR) is 106 cm³/mol. The summed E-state index contributed by atoms with van der Waals surface area (Å²) < 4.78 is 12.8. The van der Waals surface area contributed by atoms with E-state index in [2.05, 4.69) is 10.3 Å². The van der Waals surface area contributed by atoms with Crippen LogP contribution < -0.4 is 26.9 Å². The minimum atomic E-state index is -0.746. The van der Waals surface area contributed by atoms with Crippen LogP contribution in [0.2, 0.25) is 0 Å². The quantitative estimate of drug-likeness (QED) is 0.351. The average Bonchev–Trinajstić information content (AvgIpc) is 3.11. The number of carbonyl (C=O) groups excluding carboxylic acids is 1. The van der Waals surface area contributed by atoms with Crippen LogP contribution in [-0.2, 0) is 16.1 Å². The highest BCUT2D eigenvalue weighted by molar-refractivity contribution is 5.88. The Morgan fingerprint density at radius 3 is 2.63 bits per heavy atom. The number of pyridine rings is 1. The largest absolute Gasteiger partial charge is 1.00 e. The normalized spacial score (nSPS) is 10.4. The van der Waals surface area contributed by atoms with Crippen molar-refractivity contribution in [2.45, 2.75) is 39.2 Å². The molecule has 0 saturated heterocycles. The van der Waals surface area contributed by atoms with Crippen molar-refractivity contribution in [3.63, 3.8) is 0 Å². The standard InChI is InChI=1S/C21H23N3O5.BrH/c1-2-28-21(27)22-16-7-8-17-18(14-16)29-20(23-17)15-9-12-24(13-10-15)11-5-3-4-6-19(25)26;/h7-10,12-14H,2-6,11H2,1H3,(H,25,26);1H. The number of hydrogen-bond acceptors (Lipinski definition) is 5. The number of carboxylic acid groups (broad SMARTS) is 1. The summed E-state index contributed by atoms with van der Waals surface area (Å²) >= 11 is 0. The number of fused-ring (bicyclic) bond motifs is 1. The second-order valence-electron chi connectivity index (χ2n) is 6.58. The minimum Gasteiger partial charge on any atom is -1.00 e. The molecule has 9 heteroatoms. The lowest BCUT2D eigenvalue weighted by Gasteiger charge is -2.03. The fraction of sp³-hybridized carbons (Fsp3) is 0.333. The summed E-state index contributed by atoms with van der Waals surface area (Å²) in [6.45, 7) is 2.88. The number of carboxylic acids is 1. The van der Waals surface area contributed by atoms with Gasteiger partial charge in [0.05, 0.1) is 6.61 Å². The van der Waals surface area contributed by atoms with Crippen LogP contribution in [0.4, 0.5) is 10.5 Å². The van der Waals surface area contributed by atoms with Gasteiger partial charge in [-0.1, -0.05) is 0 Å². The number of amides is 1. The van der Waals surface area contributed by atoms with E-state index in [9.17, 15) is 9.59 Å². The topological polar surface area (TPSA) is 106 Å². The van der Waals surface area contributed by atoms with E-state index in [0.717, 1.165) is 24.9 Å². The first-order valence-corrected chi connectivity index (χ1v) is 9.61. The average molecular weight is 478 g/mol. The number of hydrogen-bond donors (Lipinski definition) is 2. The zero-order chi connectivity index (χ0) is 20.6. The van der Waals surface area contributed by atoms with Crippen molar-refractivity contribution >= 4 is 28.8 Å². The molecule has 0 bridgehead atoms. The van der Waals surface area contributed by atoms with E-state index in [0.29, 0.717) is 35.7 Å². The maximum absolute atomic E-state index is 11.5. The molecular weight excluding hydrogens is 454 g/mol. The van der Waals surface area contributed by atoms with E-state index in [-0.39, 0.29) is 23.4 Å². The molecule has 1 amide bonds. The van der Waals surface area contributed by atoms with Crippen LogP contribution in [0, 0.1) is 0 Å². The number of carbonyl (C=O) groups is 2. The Morgan fingerprint density at radius 1 is 1.17 bits per heavy atom. The predicted octanol–water partition coefficient (Wildman–Crippen LogP) is 1.000. The number of aliphatic carboxylic acids is 1. The van der Waals surface area contributed by atoms with Gasteiger partial charge in [0.2, 0.25) is 5.89 Å². The molecule has 8 nitrogen and oxygen atoms in total. The number of halogens is 1. The number of aromatic nitrogens is 2. The maximum Gasteiger partial charge on any atom is 0.411 e. The zero-order valence-corrected chi connectivity index (χ0v) is 18.2. The number of anilines is 1. The highest BCUT2D eigenvalue weighted by Gasteiger charge is 2.12. The van der Waals surface area contributed by atoms with Gasteiger partial charge >= 0.3 is 12.1 Å². The summed E-state index contributed by atoms with van der Waals surface area (Å²) in [5, 5.41) is 11.3.